The lowest BCUT2D eigenvalue weighted by Gasteiger charge is -2.38. The van der Waals surface area contributed by atoms with Crippen LogP contribution >= 0.6 is 15.9 Å². The smallest absolute Gasteiger partial charge is 0.0248 e. The molecule has 100 valence electrons. The lowest BCUT2D eigenvalue weighted by Crippen LogP contribution is -2.48. The second-order valence-corrected chi connectivity index (χ2v) is 6.34. The normalized spacial score (nSPS) is 23.0. The number of halogens is 1. The van der Waals surface area contributed by atoms with Crippen molar-refractivity contribution in [2.75, 3.05) is 6.54 Å². The molecule has 2 atom stereocenters. The average Bonchev–Trinajstić information content (AvgIpc) is 2.33. The first-order valence-corrected chi connectivity index (χ1v) is 7.62. The van der Waals surface area contributed by atoms with E-state index in [2.05, 4.69) is 52.9 Å². The number of nitrogens with two attached hydrogens (primary N) is 1. The molecule has 0 aromatic heterocycles. The molecule has 0 aliphatic carbocycles. The lowest BCUT2D eigenvalue weighted by molar-refractivity contribution is 0.123. The molecular formula is C15H23BrN2. The minimum atomic E-state index is 0.259. The summed E-state index contributed by atoms with van der Waals surface area (Å²) < 4.78 is 1.22. The first-order valence-electron chi connectivity index (χ1n) is 6.82. The zero-order chi connectivity index (χ0) is 13.1. The van der Waals surface area contributed by atoms with Gasteiger partial charge < -0.3 is 5.73 Å². The second-order valence-electron chi connectivity index (χ2n) is 5.49. The van der Waals surface area contributed by atoms with Crippen LogP contribution in [0.2, 0.25) is 0 Å². The van der Waals surface area contributed by atoms with Gasteiger partial charge in [0.2, 0.25) is 0 Å². The maximum Gasteiger partial charge on any atom is 0.0248 e. The molecule has 3 heteroatoms. The molecule has 1 aliphatic rings. The predicted octanol–water partition coefficient (Wildman–Crippen LogP) is 3.46. The Bertz CT molecular complexity index is 403. The summed E-state index contributed by atoms with van der Waals surface area (Å²) >= 11 is 3.67. The molecule has 0 amide bonds. The Labute approximate surface area is 119 Å². The number of hydrogen-bond donors (Lipinski definition) is 1. The van der Waals surface area contributed by atoms with Crippen LogP contribution in [0.4, 0.5) is 0 Å². The molecule has 1 aliphatic heterocycles. The van der Waals surface area contributed by atoms with Crippen molar-refractivity contribution in [3.05, 3.63) is 33.8 Å². The number of nitrogens with zero attached hydrogens (tertiary/aromatic N) is 1. The molecule has 1 aromatic rings. The Balaban J connectivity index is 2.11. The van der Waals surface area contributed by atoms with Crippen molar-refractivity contribution in [1.29, 1.82) is 0 Å². The van der Waals surface area contributed by atoms with Crippen LogP contribution in [0.25, 0.3) is 0 Å². The van der Waals surface area contributed by atoms with Gasteiger partial charge in [0.25, 0.3) is 0 Å². The molecule has 1 fully saturated rings. The van der Waals surface area contributed by atoms with E-state index in [9.17, 15) is 0 Å². The van der Waals surface area contributed by atoms with E-state index in [1.54, 1.807) is 0 Å². The average molecular weight is 311 g/mol. The second kappa shape index (κ2) is 6.18. The fraction of sp³-hybridized carbons (Fsp3) is 0.600. The largest absolute Gasteiger partial charge is 0.327 e. The van der Waals surface area contributed by atoms with E-state index in [0.717, 1.165) is 6.54 Å². The van der Waals surface area contributed by atoms with Crippen LogP contribution in [0.15, 0.2) is 22.7 Å². The highest BCUT2D eigenvalue weighted by atomic mass is 79.9. The molecule has 0 radical (unpaired) electrons. The Kier molecular flexibility index (Phi) is 4.82. The van der Waals surface area contributed by atoms with Gasteiger partial charge in [-0.2, -0.15) is 0 Å². The summed E-state index contributed by atoms with van der Waals surface area (Å²) in [6.45, 7) is 6.44. The Hall–Kier alpha value is -0.380. The number of likely N-dealkylation sites (tertiary alicyclic amines) is 1. The first-order chi connectivity index (χ1) is 8.58. The SMILES string of the molecule is Cc1ccc(CN2CCCCC2C(C)N)c(Br)c1. The Morgan fingerprint density at radius 3 is 2.89 bits per heavy atom. The van der Waals surface area contributed by atoms with Gasteiger partial charge in [0, 0.05) is 23.1 Å². The van der Waals surface area contributed by atoms with Crippen LogP contribution in [0.3, 0.4) is 0 Å². The highest BCUT2D eigenvalue weighted by Crippen LogP contribution is 2.25. The van der Waals surface area contributed by atoms with Crippen LogP contribution in [0.1, 0.15) is 37.3 Å². The van der Waals surface area contributed by atoms with Gasteiger partial charge in [-0.3, -0.25) is 4.90 Å². The Morgan fingerprint density at radius 2 is 2.22 bits per heavy atom. The van der Waals surface area contributed by atoms with Gasteiger partial charge >= 0.3 is 0 Å². The van der Waals surface area contributed by atoms with Gasteiger partial charge in [-0.25, -0.2) is 0 Å². The van der Waals surface area contributed by atoms with E-state index in [1.165, 1.54) is 41.4 Å². The summed E-state index contributed by atoms with van der Waals surface area (Å²) in [6.07, 6.45) is 3.85. The zero-order valence-electron chi connectivity index (χ0n) is 11.3. The predicted molar refractivity (Wildman–Crippen MR) is 80.6 cm³/mol. The summed E-state index contributed by atoms with van der Waals surface area (Å²) in [7, 11) is 0. The number of benzene rings is 1. The van der Waals surface area contributed by atoms with E-state index >= 15 is 0 Å². The molecule has 2 nitrogen and oxygen atoms in total. The minimum absolute atomic E-state index is 0.259. The van der Waals surface area contributed by atoms with Crippen LogP contribution in [-0.4, -0.2) is 23.5 Å². The summed E-state index contributed by atoms with van der Waals surface area (Å²) in [5.41, 5.74) is 8.79. The van der Waals surface area contributed by atoms with Gasteiger partial charge in [0.15, 0.2) is 0 Å². The molecule has 2 rings (SSSR count). The van der Waals surface area contributed by atoms with Crippen molar-refractivity contribution in [2.24, 2.45) is 5.73 Å². The molecular weight excluding hydrogens is 288 g/mol. The van der Waals surface area contributed by atoms with Gasteiger partial charge in [-0.15, -0.1) is 0 Å². The van der Waals surface area contributed by atoms with Crippen molar-refractivity contribution in [1.82, 2.24) is 4.90 Å². The first kappa shape index (κ1) is 14.0. The number of aryl methyl sites for hydroxylation is 1. The van der Waals surface area contributed by atoms with Crippen LogP contribution < -0.4 is 5.73 Å². The molecule has 1 heterocycles. The molecule has 2 unspecified atom stereocenters. The third-order valence-electron chi connectivity index (χ3n) is 3.85. The molecule has 0 bridgehead atoms. The molecule has 18 heavy (non-hydrogen) atoms. The fourth-order valence-electron chi connectivity index (χ4n) is 2.81. The molecule has 0 saturated carbocycles. The summed E-state index contributed by atoms with van der Waals surface area (Å²) in [5.74, 6) is 0. The summed E-state index contributed by atoms with van der Waals surface area (Å²) in [5, 5.41) is 0. The van der Waals surface area contributed by atoms with Gasteiger partial charge in [-0.05, 0) is 50.4 Å². The highest BCUT2D eigenvalue weighted by Gasteiger charge is 2.25. The minimum Gasteiger partial charge on any atom is -0.327 e. The summed E-state index contributed by atoms with van der Waals surface area (Å²) in [4.78, 5) is 2.55. The zero-order valence-corrected chi connectivity index (χ0v) is 12.9. The van der Waals surface area contributed by atoms with Crippen LogP contribution in [0.5, 0.6) is 0 Å². The van der Waals surface area contributed by atoms with E-state index < -0.39 is 0 Å². The van der Waals surface area contributed by atoms with Crippen molar-refractivity contribution in [3.63, 3.8) is 0 Å². The standard InChI is InChI=1S/C15H23BrN2/c1-11-6-7-13(14(16)9-11)10-18-8-4-3-5-15(18)12(2)17/h6-7,9,12,15H,3-5,8,10,17H2,1-2H3. The van der Waals surface area contributed by atoms with E-state index in [-0.39, 0.29) is 6.04 Å². The monoisotopic (exact) mass is 310 g/mol. The summed E-state index contributed by atoms with van der Waals surface area (Å²) in [6, 6.07) is 7.40. The van der Waals surface area contributed by atoms with E-state index in [1.807, 2.05) is 0 Å². The lowest BCUT2D eigenvalue weighted by atomic mass is 9.96. The number of hydrogen-bond acceptors (Lipinski definition) is 2. The fourth-order valence-corrected chi connectivity index (χ4v) is 3.43. The van der Waals surface area contributed by atoms with Crippen molar-refractivity contribution in [2.45, 2.75) is 51.7 Å². The van der Waals surface area contributed by atoms with Gasteiger partial charge in [-0.1, -0.05) is 34.5 Å². The van der Waals surface area contributed by atoms with Crippen LogP contribution in [-0.2, 0) is 6.54 Å². The van der Waals surface area contributed by atoms with Crippen molar-refractivity contribution in [3.8, 4) is 0 Å². The van der Waals surface area contributed by atoms with E-state index in [4.69, 9.17) is 5.73 Å². The molecule has 2 N–H and O–H groups in total. The quantitative estimate of drug-likeness (QED) is 0.926. The third-order valence-corrected chi connectivity index (χ3v) is 4.59. The Morgan fingerprint density at radius 1 is 1.44 bits per heavy atom. The number of rotatable bonds is 3. The maximum absolute atomic E-state index is 6.12. The molecule has 0 spiro atoms. The molecule has 1 saturated heterocycles. The highest BCUT2D eigenvalue weighted by molar-refractivity contribution is 9.10. The van der Waals surface area contributed by atoms with Gasteiger partial charge in [0.1, 0.15) is 0 Å². The van der Waals surface area contributed by atoms with Crippen molar-refractivity contribution < 1.29 is 0 Å². The van der Waals surface area contributed by atoms with Crippen molar-refractivity contribution >= 4 is 15.9 Å². The van der Waals surface area contributed by atoms with Gasteiger partial charge in [0.05, 0.1) is 0 Å². The van der Waals surface area contributed by atoms with E-state index in [0.29, 0.717) is 6.04 Å². The van der Waals surface area contributed by atoms with Crippen LogP contribution in [0, 0.1) is 6.92 Å². The third kappa shape index (κ3) is 3.34. The maximum atomic E-state index is 6.12. The topological polar surface area (TPSA) is 29.3 Å². The number of piperidine rings is 1. The molecule has 1 aromatic carbocycles.